The van der Waals surface area contributed by atoms with Gasteiger partial charge in [0.1, 0.15) is 6.04 Å². The highest BCUT2D eigenvalue weighted by atomic mass is 35.5. The molecule has 0 spiro atoms. The van der Waals surface area contributed by atoms with Crippen LogP contribution in [-0.2, 0) is 0 Å². The van der Waals surface area contributed by atoms with Crippen LogP contribution in [0.1, 0.15) is 11.6 Å². The molecule has 0 heterocycles. The van der Waals surface area contributed by atoms with Crippen LogP contribution in [0.2, 0.25) is 0 Å². The fraction of sp³-hybridized carbons (Fsp3) is 0.167. The number of nitrogens with one attached hydrogen (secondary N) is 1. The van der Waals surface area contributed by atoms with E-state index < -0.39 is 11.4 Å². The van der Waals surface area contributed by atoms with E-state index in [1.54, 1.807) is 18.2 Å². The summed E-state index contributed by atoms with van der Waals surface area (Å²) in [5, 5.41) is -1.59. The Morgan fingerprint density at radius 1 is 1.12 bits per heavy atom. The van der Waals surface area contributed by atoms with Crippen LogP contribution in [0.4, 0.5) is 8.78 Å². The molecule has 0 aromatic heterocycles. The fourth-order valence-corrected chi connectivity index (χ4v) is 1.96. The third kappa shape index (κ3) is 2.54. The van der Waals surface area contributed by atoms with E-state index in [2.05, 4.69) is 0 Å². The zero-order valence-corrected chi connectivity index (χ0v) is 9.59. The van der Waals surface area contributed by atoms with E-state index in [1.165, 1.54) is 0 Å². The Labute approximate surface area is 102 Å². The van der Waals surface area contributed by atoms with Gasteiger partial charge in [-0.2, -0.15) is 8.78 Å². The van der Waals surface area contributed by atoms with Crippen molar-refractivity contribution in [3.8, 4) is 0 Å². The van der Waals surface area contributed by atoms with Gasteiger partial charge in [-0.3, -0.25) is 5.84 Å². The second-order valence-electron chi connectivity index (χ2n) is 3.75. The van der Waals surface area contributed by atoms with E-state index in [4.69, 9.17) is 17.4 Å². The van der Waals surface area contributed by atoms with Gasteiger partial charge in [-0.25, -0.2) is 5.43 Å². The SMILES string of the molecule is NNC(c1ccc2ccccc2c1)C(F)(F)Cl. The average Bonchev–Trinajstić information content (AvgIpc) is 2.28. The van der Waals surface area contributed by atoms with Gasteiger partial charge in [-0.05, 0) is 34.0 Å². The van der Waals surface area contributed by atoms with Crippen molar-refractivity contribution in [3.05, 3.63) is 48.0 Å². The van der Waals surface area contributed by atoms with Crippen molar-refractivity contribution < 1.29 is 8.78 Å². The number of benzene rings is 2. The molecule has 1 atom stereocenters. The zero-order chi connectivity index (χ0) is 12.5. The molecule has 2 aromatic carbocycles. The van der Waals surface area contributed by atoms with Gasteiger partial charge in [0, 0.05) is 0 Å². The van der Waals surface area contributed by atoms with Gasteiger partial charge in [0.25, 0.3) is 0 Å². The van der Waals surface area contributed by atoms with Crippen LogP contribution < -0.4 is 11.3 Å². The standard InChI is InChI=1S/C12H11ClF2N2/c13-12(14,15)11(17-16)10-6-5-8-3-1-2-4-9(8)7-10/h1-7,11,17H,16H2. The van der Waals surface area contributed by atoms with Gasteiger partial charge in [-0.1, -0.05) is 36.4 Å². The molecule has 2 rings (SSSR count). The predicted octanol–water partition coefficient (Wildman–Crippen LogP) is 3.18. The molecular weight excluding hydrogens is 246 g/mol. The zero-order valence-electron chi connectivity index (χ0n) is 8.83. The lowest BCUT2D eigenvalue weighted by atomic mass is 10.0. The molecule has 2 nitrogen and oxygen atoms in total. The Kier molecular flexibility index (Phi) is 3.28. The van der Waals surface area contributed by atoms with Gasteiger partial charge < -0.3 is 0 Å². The second-order valence-corrected chi connectivity index (χ2v) is 4.25. The summed E-state index contributed by atoms with van der Waals surface area (Å²) < 4.78 is 26.2. The summed E-state index contributed by atoms with van der Waals surface area (Å²) in [6.07, 6.45) is 0. The summed E-state index contributed by atoms with van der Waals surface area (Å²) in [4.78, 5) is 0. The minimum atomic E-state index is -3.43. The van der Waals surface area contributed by atoms with Crippen LogP contribution in [0.15, 0.2) is 42.5 Å². The summed E-state index contributed by atoms with van der Waals surface area (Å²) >= 11 is 5.01. The monoisotopic (exact) mass is 256 g/mol. The Bertz CT molecular complexity index is 525. The Balaban J connectivity index is 2.48. The normalized spacial score (nSPS) is 13.9. The molecule has 0 saturated carbocycles. The van der Waals surface area contributed by atoms with Gasteiger partial charge in [0.15, 0.2) is 0 Å². The van der Waals surface area contributed by atoms with Crippen LogP contribution in [-0.4, -0.2) is 5.38 Å². The first-order valence-corrected chi connectivity index (χ1v) is 5.41. The minimum Gasteiger partial charge on any atom is -0.271 e. The first-order chi connectivity index (χ1) is 8.02. The van der Waals surface area contributed by atoms with E-state index in [0.29, 0.717) is 5.56 Å². The van der Waals surface area contributed by atoms with Crippen molar-refractivity contribution in [1.29, 1.82) is 0 Å². The Morgan fingerprint density at radius 2 is 1.76 bits per heavy atom. The summed E-state index contributed by atoms with van der Waals surface area (Å²) in [5.74, 6) is 5.12. The number of hydrogen-bond donors (Lipinski definition) is 2. The van der Waals surface area contributed by atoms with Gasteiger partial charge >= 0.3 is 5.38 Å². The number of halogens is 3. The highest BCUT2D eigenvalue weighted by Crippen LogP contribution is 2.35. The molecule has 0 fully saturated rings. The minimum absolute atomic E-state index is 0.353. The van der Waals surface area contributed by atoms with Crippen LogP contribution >= 0.6 is 11.6 Å². The number of alkyl halides is 3. The maximum atomic E-state index is 13.1. The maximum Gasteiger partial charge on any atom is 0.342 e. The van der Waals surface area contributed by atoms with Gasteiger partial charge in [-0.15, -0.1) is 0 Å². The fourth-order valence-electron chi connectivity index (χ4n) is 1.77. The molecule has 2 aromatic rings. The summed E-state index contributed by atoms with van der Waals surface area (Å²) in [6.45, 7) is 0. The van der Waals surface area contributed by atoms with Gasteiger partial charge in [0.2, 0.25) is 0 Å². The Morgan fingerprint density at radius 3 is 2.35 bits per heavy atom. The third-order valence-corrected chi connectivity index (χ3v) is 2.82. The maximum absolute atomic E-state index is 13.1. The lowest BCUT2D eigenvalue weighted by molar-refractivity contribution is 0.0498. The second kappa shape index (κ2) is 4.56. The molecule has 0 amide bonds. The molecule has 0 aliphatic rings. The molecule has 5 heteroatoms. The molecule has 0 bridgehead atoms. The van der Waals surface area contributed by atoms with E-state index in [9.17, 15) is 8.78 Å². The number of hydrogen-bond acceptors (Lipinski definition) is 2. The molecule has 3 N–H and O–H groups in total. The van der Waals surface area contributed by atoms with Crippen molar-refractivity contribution in [3.63, 3.8) is 0 Å². The van der Waals surface area contributed by atoms with Gasteiger partial charge in [0.05, 0.1) is 0 Å². The topological polar surface area (TPSA) is 38.0 Å². The first kappa shape index (κ1) is 12.2. The van der Waals surface area contributed by atoms with Crippen molar-refractivity contribution in [2.75, 3.05) is 0 Å². The van der Waals surface area contributed by atoms with Crippen molar-refractivity contribution in [1.82, 2.24) is 5.43 Å². The molecule has 0 saturated heterocycles. The summed E-state index contributed by atoms with van der Waals surface area (Å²) in [6, 6.07) is 11.1. The average molecular weight is 257 g/mol. The van der Waals surface area contributed by atoms with Crippen molar-refractivity contribution >= 4 is 22.4 Å². The van der Waals surface area contributed by atoms with Crippen molar-refractivity contribution in [2.45, 2.75) is 11.4 Å². The molecular formula is C12H11ClF2N2. The third-order valence-electron chi connectivity index (χ3n) is 2.60. The summed E-state index contributed by atoms with van der Waals surface area (Å²) in [5.41, 5.74) is 2.39. The quantitative estimate of drug-likeness (QED) is 0.503. The highest BCUT2D eigenvalue weighted by molar-refractivity contribution is 6.22. The van der Waals surface area contributed by atoms with Crippen LogP contribution in [0, 0.1) is 0 Å². The molecule has 0 aliphatic heterocycles. The number of nitrogens with two attached hydrogens (primary N) is 1. The van der Waals surface area contributed by atoms with Crippen LogP contribution in [0.5, 0.6) is 0 Å². The lowest BCUT2D eigenvalue weighted by Crippen LogP contribution is -2.37. The molecule has 17 heavy (non-hydrogen) atoms. The number of fused-ring (bicyclic) bond motifs is 1. The van der Waals surface area contributed by atoms with E-state index in [0.717, 1.165) is 10.8 Å². The predicted molar refractivity (Wildman–Crippen MR) is 64.8 cm³/mol. The van der Waals surface area contributed by atoms with E-state index in [1.807, 2.05) is 29.7 Å². The number of hydrazine groups is 1. The molecule has 0 aliphatic carbocycles. The smallest absolute Gasteiger partial charge is 0.271 e. The molecule has 90 valence electrons. The summed E-state index contributed by atoms with van der Waals surface area (Å²) in [7, 11) is 0. The first-order valence-electron chi connectivity index (χ1n) is 5.04. The Hall–Kier alpha value is -1.23. The molecule has 1 unspecified atom stereocenters. The highest BCUT2D eigenvalue weighted by Gasteiger charge is 2.37. The van der Waals surface area contributed by atoms with E-state index >= 15 is 0 Å². The number of rotatable bonds is 3. The van der Waals surface area contributed by atoms with Crippen LogP contribution in [0.3, 0.4) is 0 Å². The van der Waals surface area contributed by atoms with Crippen molar-refractivity contribution in [2.24, 2.45) is 5.84 Å². The lowest BCUT2D eigenvalue weighted by Gasteiger charge is -2.21. The van der Waals surface area contributed by atoms with Crippen LogP contribution in [0.25, 0.3) is 10.8 Å². The molecule has 0 radical (unpaired) electrons. The largest absolute Gasteiger partial charge is 0.342 e. The van der Waals surface area contributed by atoms with E-state index in [-0.39, 0.29) is 0 Å².